The van der Waals surface area contributed by atoms with Gasteiger partial charge < -0.3 is 15.4 Å². The minimum Gasteiger partial charge on any atom is -0.383 e. The first-order valence-corrected chi connectivity index (χ1v) is 5.93. The zero-order valence-corrected chi connectivity index (χ0v) is 12.4. The Morgan fingerprint density at radius 1 is 1.29 bits per heavy atom. The van der Waals surface area contributed by atoms with Gasteiger partial charge in [-0.25, -0.2) is 0 Å². The molecule has 2 unspecified atom stereocenters. The minimum absolute atomic E-state index is 0. The largest absolute Gasteiger partial charge is 0.383 e. The van der Waals surface area contributed by atoms with Crippen LogP contribution < -0.4 is 5.73 Å². The molecule has 0 radical (unpaired) electrons. The first-order valence-electron chi connectivity index (χ1n) is 5.93. The molecule has 0 aliphatic rings. The summed E-state index contributed by atoms with van der Waals surface area (Å²) in [4.78, 5) is 14.0. The van der Waals surface area contributed by atoms with Crippen LogP contribution in [0.15, 0.2) is 0 Å². The minimum atomic E-state index is -0.129. The Morgan fingerprint density at radius 3 is 2.18 bits per heavy atom. The smallest absolute Gasteiger partial charge is 0.227 e. The van der Waals surface area contributed by atoms with Crippen LogP contribution in [-0.2, 0) is 9.53 Å². The summed E-state index contributed by atoms with van der Waals surface area (Å²) < 4.78 is 5.02. The van der Waals surface area contributed by atoms with Gasteiger partial charge in [0.1, 0.15) is 0 Å². The van der Waals surface area contributed by atoms with E-state index >= 15 is 0 Å². The van der Waals surface area contributed by atoms with E-state index in [0.29, 0.717) is 19.1 Å². The van der Waals surface area contributed by atoms with E-state index in [1.807, 2.05) is 18.7 Å². The summed E-state index contributed by atoms with van der Waals surface area (Å²) >= 11 is 0. The van der Waals surface area contributed by atoms with Gasteiger partial charge in [-0.2, -0.15) is 0 Å². The van der Waals surface area contributed by atoms with E-state index in [2.05, 4.69) is 13.8 Å². The number of amides is 1. The van der Waals surface area contributed by atoms with Gasteiger partial charge in [0, 0.05) is 26.2 Å². The number of hydrogen-bond donors (Lipinski definition) is 1. The second-order valence-electron chi connectivity index (χ2n) is 4.82. The van der Waals surface area contributed by atoms with Gasteiger partial charge in [0.2, 0.25) is 5.91 Å². The fourth-order valence-electron chi connectivity index (χ4n) is 1.45. The Kier molecular flexibility index (Phi) is 10.8. The summed E-state index contributed by atoms with van der Waals surface area (Å²) in [6.45, 7) is 9.93. The molecule has 17 heavy (non-hydrogen) atoms. The first-order chi connectivity index (χ1) is 7.40. The molecule has 2 atom stereocenters. The molecule has 5 heteroatoms. The van der Waals surface area contributed by atoms with Crippen LogP contribution >= 0.6 is 12.4 Å². The third kappa shape index (κ3) is 7.58. The van der Waals surface area contributed by atoms with E-state index < -0.39 is 0 Å². The lowest BCUT2D eigenvalue weighted by Gasteiger charge is -2.28. The number of nitrogens with two attached hydrogens (primary N) is 1. The molecule has 4 nitrogen and oxygen atoms in total. The van der Waals surface area contributed by atoms with E-state index in [1.165, 1.54) is 0 Å². The molecule has 0 saturated carbocycles. The number of ether oxygens (including phenoxy) is 1. The van der Waals surface area contributed by atoms with E-state index in [4.69, 9.17) is 10.5 Å². The first kappa shape index (κ1) is 19.0. The van der Waals surface area contributed by atoms with E-state index in [-0.39, 0.29) is 30.3 Å². The molecule has 0 aliphatic heterocycles. The second kappa shape index (κ2) is 9.68. The highest BCUT2D eigenvalue weighted by Crippen LogP contribution is 2.08. The highest BCUT2D eigenvalue weighted by molar-refractivity contribution is 5.85. The Hall–Kier alpha value is -0.320. The van der Waals surface area contributed by atoms with Crippen molar-refractivity contribution in [3.8, 4) is 0 Å². The van der Waals surface area contributed by atoms with Crippen LogP contribution in [0.2, 0.25) is 0 Å². The fraction of sp³-hybridized carbons (Fsp3) is 0.917. The van der Waals surface area contributed by atoms with Crippen LogP contribution in [0.3, 0.4) is 0 Å². The number of carbonyl (C=O) groups excluding carboxylic acids is 1. The molecule has 0 heterocycles. The summed E-state index contributed by atoms with van der Waals surface area (Å²) in [6.07, 6.45) is 0. The quantitative estimate of drug-likeness (QED) is 0.760. The Bertz CT molecular complexity index is 211. The van der Waals surface area contributed by atoms with Crippen molar-refractivity contribution in [3.05, 3.63) is 0 Å². The summed E-state index contributed by atoms with van der Waals surface area (Å²) in [5.74, 6) is 0.456. The molecular weight excluding hydrogens is 240 g/mol. The van der Waals surface area contributed by atoms with Crippen LogP contribution in [0.1, 0.15) is 27.7 Å². The molecule has 0 rings (SSSR count). The maximum Gasteiger partial charge on any atom is 0.227 e. The maximum atomic E-state index is 12.1. The Morgan fingerprint density at radius 2 is 1.82 bits per heavy atom. The lowest BCUT2D eigenvalue weighted by atomic mass is 10.0. The molecule has 0 aliphatic carbocycles. The second-order valence-corrected chi connectivity index (χ2v) is 4.82. The van der Waals surface area contributed by atoms with Crippen LogP contribution in [-0.4, -0.2) is 43.7 Å². The SMILES string of the molecule is COCCN(CC(C)C)C(=O)C(C)C(C)N.Cl. The lowest BCUT2D eigenvalue weighted by Crippen LogP contribution is -2.44. The van der Waals surface area contributed by atoms with Gasteiger partial charge in [0.05, 0.1) is 12.5 Å². The van der Waals surface area contributed by atoms with Gasteiger partial charge in [0.15, 0.2) is 0 Å². The third-order valence-electron chi connectivity index (χ3n) is 2.64. The van der Waals surface area contributed by atoms with Gasteiger partial charge >= 0.3 is 0 Å². The van der Waals surface area contributed by atoms with Gasteiger partial charge in [-0.15, -0.1) is 12.4 Å². The van der Waals surface area contributed by atoms with Crippen LogP contribution in [0.25, 0.3) is 0 Å². The third-order valence-corrected chi connectivity index (χ3v) is 2.64. The fourth-order valence-corrected chi connectivity index (χ4v) is 1.45. The topological polar surface area (TPSA) is 55.6 Å². The molecule has 2 N–H and O–H groups in total. The highest BCUT2D eigenvalue weighted by atomic mass is 35.5. The van der Waals surface area contributed by atoms with Crippen molar-refractivity contribution < 1.29 is 9.53 Å². The molecule has 1 amide bonds. The Labute approximate surface area is 111 Å². The number of carbonyl (C=O) groups is 1. The van der Waals surface area contributed by atoms with Crippen molar-refractivity contribution in [2.45, 2.75) is 33.7 Å². The van der Waals surface area contributed by atoms with Crippen molar-refractivity contribution in [2.24, 2.45) is 17.6 Å². The number of halogens is 1. The average molecular weight is 267 g/mol. The molecule has 0 saturated heterocycles. The highest BCUT2D eigenvalue weighted by Gasteiger charge is 2.23. The van der Waals surface area contributed by atoms with Gasteiger partial charge in [-0.05, 0) is 12.8 Å². The zero-order valence-electron chi connectivity index (χ0n) is 11.6. The Balaban J connectivity index is 0. The maximum absolute atomic E-state index is 12.1. The molecule has 0 aromatic heterocycles. The molecule has 0 spiro atoms. The molecule has 0 fully saturated rings. The van der Waals surface area contributed by atoms with E-state index in [0.717, 1.165) is 6.54 Å². The van der Waals surface area contributed by atoms with Crippen molar-refractivity contribution >= 4 is 18.3 Å². The van der Waals surface area contributed by atoms with Crippen molar-refractivity contribution in [1.29, 1.82) is 0 Å². The molecule has 0 bridgehead atoms. The standard InChI is InChI=1S/C12H26N2O2.ClH/c1-9(2)8-14(6-7-16-5)12(15)10(3)11(4)13;/h9-11H,6-8,13H2,1-5H3;1H. The van der Waals surface area contributed by atoms with E-state index in [1.54, 1.807) is 7.11 Å². The predicted molar refractivity (Wildman–Crippen MR) is 73.4 cm³/mol. The monoisotopic (exact) mass is 266 g/mol. The summed E-state index contributed by atoms with van der Waals surface area (Å²) in [5, 5.41) is 0. The zero-order chi connectivity index (χ0) is 12.7. The van der Waals surface area contributed by atoms with Gasteiger partial charge in [0.25, 0.3) is 0 Å². The average Bonchev–Trinajstić information content (AvgIpc) is 2.21. The van der Waals surface area contributed by atoms with Gasteiger partial charge in [-0.1, -0.05) is 20.8 Å². The van der Waals surface area contributed by atoms with Crippen molar-refractivity contribution in [1.82, 2.24) is 4.90 Å². The molecule has 104 valence electrons. The number of methoxy groups -OCH3 is 1. The molecular formula is C12H27ClN2O2. The predicted octanol–water partition coefficient (Wildman–Crippen LogP) is 1.52. The summed E-state index contributed by atoms with van der Waals surface area (Å²) in [6, 6.07) is -0.107. The van der Waals surface area contributed by atoms with Gasteiger partial charge in [-0.3, -0.25) is 4.79 Å². The lowest BCUT2D eigenvalue weighted by molar-refractivity contribution is -0.136. The summed E-state index contributed by atoms with van der Waals surface area (Å²) in [5.41, 5.74) is 5.76. The van der Waals surface area contributed by atoms with Crippen LogP contribution in [0.5, 0.6) is 0 Å². The number of rotatable bonds is 7. The number of nitrogens with zero attached hydrogens (tertiary/aromatic N) is 1. The molecule has 0 aromatic carbocycles. The number of hydrogen-bond acceptors (Lipinski definition) is 3. The summed E-state index contributed by atoms with van der Waals surface area (Å²) in [7, 11) is 1.65. The van der Waals surface area contributed by atoms with Crippen molar-refractivity contribution in [3.63, 3.8) is 0 Å². The van der Waals surface area contributed by atoms with Crippen molar-refractivity contribution in [2.75, 3.05) is 26.8 Å². The molecule has 0 aromatic rings. The van der Waals surface area contributed by atoms with Crippen LogP contribution in [0, 0.1) is 11.8 Å². The van der Waals surface area contributed by atoms with E-state index in [9.17, 15) is 4.79 Å². The van der Waals surface area contributed by atoms with Crippen LogP contribution in [0.4, 0.5) is 0 Å². The normalized spacial score (nSPS) is 14.1.